The summed E-state index contributed by atoms with van der Waals surface area (Å²) in [6.07, 6.45) is 1.04. The predicted octanol–water partition coefficient (Wildman–Crippen LogP) is 3.55. The fraction of sp³-hybridized carbons (Fsp3) is 0.429. The number of hydrogen-bond acceptors (Lipinski definition) is 4. The molecule has 1 aromatic rings. The lowest BCUT2D eigenvalue weighted by atomic mass is 10.0. The third-order valence-electron chi connectivity index (χ3n) is 3.26. The quantitative estimate of drug-likeness (QED) is 0.883. The van der Waals surface area contributed by atoms with E-state index in [4.69, 9.17) is 10.3 Å². The van der Waals surface area contributed by atoms with Gasteiger partial charge in [-0.1, -0.05) is 24.8 Å². The molecule has 1 heterocycles. The lowest BCUT2D eigenvalue weighted by Gasteiger charge is -2.15. The van der Waals surface area contributed by atoms with E-state index < -0.39 is 0 Å². The SMILES string of the molecule is CCC1(C)CSC(Nc2cc(C#N)ccc2C)=N1. The molecule has 1 aromatic carbocycles. The van der Waals surface area contributed by atoms with Crippen LogP contribution in [-0.2, 0) is 0 Å². The van der Waals surface area contributed by atoms with Gasteiger partial charge in [0.2, 0.25) is 0 Å². The molecular formula is C14H17N3S. The van der Waals surface area contributed by atoms with Gasteiger partial charge in [0.15, 0.2) is 5.17 Å². The Bertz CT molecular complexity index is 530. The maximum Gasteiger partial charge on any atom is 0.161 e. The van der Waals surface area contributed by atoms with Gasteiger partial charge in [-0.25, -0.2) is 0 Å². The standard InChI is InChI=1S/C14H17N3S/c1-4-14(3)9-18-13(17-14)16-12-7-11(8-15)6-5-10(12)2/h5-7H,4,9H2,1-3H3,(H,16,17). The fourth-order valence-corrected chi connectivity index (χ4v) is 2.90. The number of anilines is 1. The molecule has 0 aliphatic carbocycles. The molecule has 1 atom stereocenters. The second-order valence-corrected chi connectivity index (χ2v) is 5.79. The molecule has 0 amide bonds. The van der Waals surface area contributed by atoms with E-state index in [1.165, 1.54) is 0 Å². The summed E-state index contributed by atoms with van der Waals surface area (Å²) in [6, 6.07) is 7.83. The van der Waals surface area contributed by atoms with Crippen LogP contribution in [0.15, 0.2) is 23.2 Å². The molecule has 3 nitrogen and oxygen atoms in total. The zero-order chi connectivity index (χ0) is 13.2. The fourth-order valence-electron chi connectivity index (χ4n) is 1.72. The molecule has 0 radical (unpaired) electrons. The number of nitriles is 1. The Balaban J connectivity index is 2.21. The van der Waals surface area contributed by atoms with E-state index in [0.717, 1.165) is 28.6 Å². The number of benzene rings is 1. The number of amidine groups is 1. The van der Waals surface area contributed by atoms with Crippen molar-refractivity contribution >= 4 is 22.6 Å². The highest BCUT2D eigenvalue weighted by Gasteiger charge is 2.28. The minimum Gasteiger partial charge on any atom is -0.335 e. The van der Waals surface area contributed by atoms with Crippen LogP contribution in [0.3, 0.4) is 0 Å². The first-order chi connectivity index (χ1) is 8.56. The van der Waals surface area contributed by atoms with Gasteiger partial charge < -0.3 is 5.32 Å². The third-order valence-corrected chi connectivity index (χ3v) is 4.49. The van der Waals surface area contributed by atoms with Gasteiger partial charge >= 0.3 is 0 Å². The molecule has 1 aliphatic rings. The van der Waals surface area contributed by atoms with Gasteiger partial charge in [-0.2, -0.15) is 5.26 Å². The Morgan fingerprint density at radius 2 is 2.33 bits per heavy atom. The minimum absolute atomic E-state index is 0.0493. The molecule has 1 unspecified atom stereocenters. The summed E-state index contributed by atoms with van der Waals surface area (Å²) in [4.78, 5) is 4.72. The van der Waals surface area contributed by atoms with E-state index in [1.807, 2.05) is 25.1 Å². The van der Waals surface area contributed by atoms with Crippen LogP contribution < -0.4 is 5.32 Å². The summed E-state index contributed by atoms with van der Waals surface area (Å²) >= 11 is 1.75. The number of aryl methyl sites for hydroxylation is 1. The normalized spacial score (nSPS) is 22.4. The largest absolute Gasteiger partial charge is 0.335 e. The monoisotopic (exact) mass is 259 g/mol. The summed E-state index contributed by atoms with van der Waals surface area (Å²) in [7, 11) is 0. The first-order valence-corrected chi connectivity index (χ1v) is 7.05. The Hall–Kier alpha value is -1.47. The number of aliphatic imine (C=N–C) groups is 1. The van der Waals surface area contributed by atoms with Crippen molar-refractivity contribution in [2.45, 2.75) is 32.7 Å². The van der Waals surface area contributed by atoms with Gasteiger partial charge in [-0.15, -0.1) is 0 Å². The van der Waals surface area contributed by atoms with Gasteiger partial charge in [0, 0.05) is 11.4 Å². The smallest absolute Gasteiger partial charge is 0.161 e. The Morgan fingerprint density at radius 1 is 1.56 bits per heavy atom. The van der Waals surface area contributed by atoms with Crippen LogP contribution in [0.25, 0.3) is 0 Å². The van der Waals surface area contributed by atoms with Crippen molar-refractivity contribution in [1.82, 2.24) is 0 Å². The summed E-state index contributed by atoms with van der Waals surface area (Å²) in [5.74, 6) is 1.02. The van der Waals surface area contributed by atoms with E-state index in [2.05, 4.69) is 25.2 Å². The van der Waals surface area contributed by atoms with Crippen molar-refractivity contribution in [2.75, 3.05) is 11.1 Å². The second kappa shape index (κ2) is 5.03. The Kier molecular flexibility index (Phi) is 3.63. The number of rotatable bonds is 2. The van der Waals surface area contributed by atoms with E-state index in [-0.39, 0.29) is 5.54 Å². The van der Waals surface area contributed by atoms with Crippen LogP contribution in [0.4, 0.5) is 5.69 Å². The van der Waals surface area contributed by atoms with Crippen LogP contribution in [-0.4, -0.2) is 16.5 Å². The van der Waals surface area contributed by atoms with Crippen molar-refractivity contribution in [3.63, 3.8) is 0 Å². The molecule has 1 N–H and O–H groups in total. The number of hydrogen-bond donors (Lipinski definition) is 1. The van der Waals surface area contributed by atoms with Gasteiger partial charge in [-0.3, -0.25) is 4.99 Å². The molecular weight excluding hydrogens is 242 g/mol. The maximum atomic E-state index is 8.92. The van der Waals surface area contributed by atoms with E-state index in [9.17, 15) is 0 Å². The van der Waals surface area contributed by atoms with Crippen LogP contribution >= 0.6 is 11.8 Å². The number of thioether (sulfide) groups is 1. The second-order valence-electron chi connectivity index (χ2n) is 4.82. The van der Waals surface area contributed by atoms with Crippen LogP contribution in [0, 0.1) is 18.3 Å². The van der Waals surface area contributed by atoms with Gasteiger partial charge in [-0.05, 0) is 38.0 Å². The van der Waals surface area contributed by atoms with Crippen LogP contribution in [0.5, 0.6) is 0 Å². The average Bonchev–Trinajstić information content (AvgIpc) is 2.75. The molecule has 0 saturated carbocycles. The lowest BCUT2D eigenvalue weighted by Crippen LogP contribution is -2.20. The summed E-state index contributed by atoms with van der Waals surface area (Å²) < 4.78 is 0. The highest BCUT2D eigenvalue weighted by Crippen LogP contribution is 2.31. The van der Waals surface area contributed by atoms with Crippen LogP contribution in [0.2, 0.25) is 0 Å². The van der Waals surface area contributed by atoms with Gasteiger partial charge in [0.25, 0.3) is 0 Å². The highest BCUT2D eigenvalue weighted by atomic mass is 32.2. The van der Waals surface area contributed by atoms with Crippen molar-refractivity contribution < 1.29 is 0 Å². The molecule has 4 heteroatoms. The molecule has 0 spiro atoms. The van der Waals surface area contributed by atoms with Crippen molar-refractivity contribution in [2.24, 2.45) is 4.99 Å². The van der Waals surface area contributed by atoms with Gasteiger partial charge in [0.1, 0.15) is 0 Å². The van der Waals surface area contributed by atoms with Crippen LogP contribution in [0.1, 0.15) is 31.4 Å². The van der Waals surface area contributed by atoms with E-state index >= 15 is 0 Å². The Morgan fingerprint density at radius 3 is 2.94 bits per heavy atom. The number of nitrogens with zero attached hydrogens (tertiary/aromatic N) is 2. The highest BCUT2D eigenvalue weighted by molar-refractivity contribution is 8.14. The predicted molar refractivity (Wildman–Crippen MR) is 78.1 cm³/mol. The lowest BCUT2D eigenvalue weighted by molar-refractivity contribution is 0.523. The molecule has 0 fully saturated rings. The van der Waals surface area contributed by atoms with Crippen molar-refractivity contribution in [3.05, 3.63) is 29.3 Å². The van der Waals surface area contributed by atoms with E-state index in [1.54, 1.807) is 11.8 Å². The number of nitrogens with one attached hydrogen (secondary N) is 1. The van der Waals surface area contributed by atoms with Crippen molar-refractivity contribution in [1.29, 1.82) is 5.26 Å². The average molecular weight is 259 g/mol. The van der Waals surface area contributed by atoms with E-state index in [0.29, 0.717) is 5.56 Å². The summed E-state index contributed by atoms with van der Waals surface area (Å²) in [5, 5.41) is 13.2. The minimum atomic E-state index is 0.0493. The Labute approximate surface area is 112 Å². The zero-order valence-electron chi connectivity index (χ0n) is 10.9. The molecule has 0 aromatic heterocycles. The molecule has 94 valence electrons. The van der Waals surface area contributed by atoms with Crippen molar-refractivity contribution in [3.8, 4) is 6.07 Å². The molecule has 0 bridgehead atoms. The molecule has 1 aliphatic heterocycles. The third kappa shape index (κ3) is 2.68. The maximum absolute atomic E-state index is 8.92. The molecule has 0 saturated heterocycles. The molecule has 18 heavy (non-hydrogen) atoms. The summed E-state index contributed by atoms with van der Waals surface area (Å²) in [6.45, 7) is 6.37. The first-order valence-electron chi connectivity index (χ1n) is 6.07. The first kappa shape index (κ1) is 13.0. The zero-order valence-corrected chi connectivity index (χ0v) is 11.8. The molecule has 2 rings (SSSR count). The topological polar surface area (TPSA) is 48.2 Å². The van der Waals surface area contributed by atoms with Gasteiger partial charge in [0.05, 0.1) is 17.2 Å². The summed E-state index contributed by atoms with van der Waals surface area (Å²) in [5.41, 5.74) is 2.82.